The second-order valence-electron chi connectivity index (χ2n) is 7.28. The van der Waals surface area contributed by atoms with Crippen molar-refractivity contribution in [3.63, 3.8) is 0 Å². The lowest BCUT2D eigenvalue weighted by Crippen LogP contribution is -2.45. The second-order valence-corrected chi connectivity index (χ2v) is 7.28. The number of halogens is 1. The van der Waals surface area contributed by atoms with E-state index in [4.69, 9.17) is 4.74 Å². The summed E-state index contributed by atoms with van der Waals surface area (Å²) in [6.45, 7) is 11.3. The summed E-state index contributed by atoms with van der Waals surface area (Å²) in [5.74, 6) is 0.879. The minimum Gasteiger partial charge on any atom is -0.373 e. The Labute approximate surface area is 182 Å². The molecule has 0 radical (unpaired) electrons. The monoisotopic (exact) mass is 488 g/mol. The van der Waals surface area contributed by atoms with E-state index in [9.17, 15) is 0 Å². The third-order valence-corrected chi connectivity index (χ3v) is 4.75. The number of ether oxygens (including phenoxy) is 1. The Bertz CT molecular complexity index is 557. The molecule has 6 heteroatoms. The first-order valence-electron chi connectivity index (χ1n) is 10.0. The first kappa shape index (κ1) is 24.2. The Morgan fingerprint density at radius 3 is 2.41 bits per heavy atom. The summed E-state index contributed by atoms with van der Waals surface area (Å²) in [7, 11) is 1.83. The van der Waals surface area contributed by atoms with E-state index in [-0.39, 0.29) is 24.0 Å². The van der Waals surface area contributed by atoms with Crippen LogP contribution in [0, 0.1) is 0 Å². The molecule has 27 heavy (non-hydrogen) atoms. The zero-order chi connectivity index (χ0) is 18.8. The predicted octanol–water partition coefficient (Wildman–Crippen LogP) is 3.77. The number of nitrogens with one attached hydrogen (secondary N) is 2. The summed E-state index contributed by atoms with van der Waals surface area (Å²) in [6.07, 6.45) is 4.27. The molecule has 5 nitrogen and oxygen atoms in total. The highest BCUT2D eigenvalue weighted by Crippen LogP contribution is 2.17. The molecule has 0 amide bonds. The SMILES string of the molecule is CCCCCNC(=NC)NCc1ccccc1CN1CC(C)OC(C)C1.I. The molecule has 0 bridgehead atoms. The van der Waals surface area contributed by atoms with Crippen molar-refractivity contribution < 1.29 is 4.74 Å². The van der Waals surface area contributed by atoms with Crippen LogP contribution in [-0.4, -0.2) is 49.7 Å². The van der Waals surface area contributed by atoms with E-state index in [2.05, 4.69) is 65.6 Å². The van der Waals surface area contributed by atoms with Crippen molar-refractivity contribution in [3.8, 4) is 0 Å². The molecule has 2 unspecified atom stereocenters. The van der Waals surface area contributed by atoms with Gasteiger partial charge in [0.2, 0.25) is 0 Å². The van der Waals surface area contributed by atoms with E-state index in [1.807, 2.05) is 7.05 Å². The van der Waals surface area contributed by atoms with Gasteiger partial charge in [0.05, 0.1) is 12.2 Å². The first-order valence-corrected chi connectivity index (χ1v) is 10.0. The maximum absolute atomic E-state index is 5.85. The Morgan fingerprint density at radius 1 is 1.11 bits per heavy atom. The summed E-state index contributed by atoms with van der Waals surface area (Å²) >= 11 is 0. The van der Waals surface area contributed by atoms with Crippen LogP contribution in [0.1, 0.15) is 51.2 Å². The molecule has 1 aromatic carbocycles. The van der Waals surface area contributed by atoms with Crippen LogP contribution in [0.25, 0.3) is 0 Å². The van der Waals surface area contributed by atoms with Gasteiger partial charge < -0.3 is 15.4 Å². The Morgan fingerprint density at radius 2 is 1.78 bits per heavy atom. The number of rotatable bonds is 8. The van der Waals surface area contributed by atoms with E-state index >= 15 is 0 Å². The summed E-state index contributed by atoms with van der Waals surface area (Å²) in [5.41, 5.74) is 2.71. The van der Waals surface area contributed by atoms with Crippen LogP contribution in [0.5, 0.6) is 0 Å². The van der Waals surface area contributed by atoms with Crippen molar-refractivity contribution in [2.45, 2.75) is 65.3 Å². The minimum absolute atomic E-state index is 0. The first-order chi connectivity index (χ1) is 12.6. The fraction of sp³-hybridized carbons (Fsp3) is 0.667. The minimum atomic E-state index is 0. The van der Waals surface area contributed by atoms with Gasteiger partial charge in [0.15, 0.2) is 5.96 Å². The van der Waals surface area contributed by atoms with Gasteiger partial charge in [-0.05, 0) is 31.4 Å². The number of hydrogen-bond donors (Lipinski definition) is 2. The molecule has 1 aromatic rings. The smallest absolute Gasteiger partial charge is 0.191 e. The highest BCUT2D eigenvalue weighted by atomic mass is 127. The molecule has 0 spiro atoms. The number of aliphatic imine (C=N–C) groups is 1. The number of benzene rings is 1. The maximum atomic E-state index is 5.85. The highest BCUT2D eigenvalue weighted by Gasteiger charge is 2.22. The van der Waals surface area contributed by atoms with Crippen LogP contribution >= 0.6 is 24.0 Å². The molecule has 2 atom stereocenters. The Balaban J connectivity index is 0.00000364. The van der Waals surface area contributed by atoms with Crippen molar-refractivity contribution in [2.24, 2.45) is 4.99 Å². The van der Waals surface area contributed by atoms with Gasteiger partial charge >= 0.3 is 0 Å². The molecule has 1 aliphatic rings. The van der Waals surface area contributed by atoms with E-state index in [1.54, 1.807) is 0 Å². The normalized spacial score (nSPS) is 20.8. The molecular weight excluding hydrogens is 451 g/mol. The van der Waals surface area contributed by atoms with Gasteiger partial charge in [-0.15, -0.1) is 24.0 Å². The van der Waals surface area contributed by atoms with Crippen LogP contribution in [0.3, 0.4) is 0 Å². The summed E-state index contributed by atoms with van der Waals surface area (Å²) in [5, 5.41) is 6.85. The van der Waals surface area contributed by atoms with Crippen LogP contribution in [0.2, 0.25) is 0 Å². The van der Waals surface area contributed by atoms with E-state index in [0.29, 0.717) is 12.2 Å². The van der Waals surface area contributed by atoms with Crippen molar-refractivity contribution in [2.75, 3.05) is 26.7 Å². The van der Waals surface area contributed by atoms with Crippen LogP contribution in [-0.2, 0) is 17.8 Å². The summed E-state index contributed by atoms with van der Waals surface area (Å²) in [6, 6.07) is 8.69. The fourth-order valence-electron chi connectivity index (χ4n) is 3.52. The van der Waals surface area contributed by atoms with Gasteiger partial charge in [0, 0.05) is 39.8 Å². The van der Waals surface area contributed by atoms with Crippen LogP contribution in [0.4, 0.5) is 0 Å². The van der Waals surface area contributed by atoms with Crippen molar-refractivity contribution in [1.82, 2.24) is 15.5 Å². The van der Waals surface area contributed by atoms with Crippen molar-refractivity contribution in [3.05, 3.63) is 35.4 Å². The highest BCUT2D eigenvalue weighted by molar-refractivity contribution is 14.0. The summed E-state index contributed by atoms with van der Waals surface area (Å²) in [4.78, 5) is 6.83. The second kappa shape index (κ2) is 13.3. The molecule has 0 aliphatic carbocycles. The third kappa shape index (κ3) is 8.79. The maximum Gasteiger partial charge on any atom is 0.191 e. The van der Waals surface area contributed by atoms with Gasteiger partial charge in [-0.25, -0.2) is 0 Å². The number of morpholine rings is 1. The lowest BCUT2D eigenvalue weighted by atomic mass is 10.1. The van der Waals surface area contributed by atoms with Crippen molar-refractivity contribution in [1.29, 1.82) is 0 Å². The predicted molar refractivity (Wildman–Crippen MR) is 125 cm³/mol. The van der Waals surface area contributed by atoms with Crippen LogP contribution in [0.15, 0.2) is 29.3 Å². The van der Waals surface area contributed by atoms with Gasteiger partial charge in [-0.2, -0.15) is 0 Å². The molecule has 1 saturated heterocycles. The largest absolute Gasteiger partial charge is 0.373 e. The molecule has 0 aromatic heterocycles. The zero-order valence-corrected chi connectivity index (χ0v) is 19.7. The molecule has 2 N–H and O–H groups in total. The average Bonchev–Trinajstić information content (AvgIpc) is 2.61. The summed E-state index contributed by atoms with van der Waals surface area (Å²) < 4.78 is 5.85. The van der Waals surface area contributed by atoms with Crippen LogP contribution < -0.4 is 10.6 Å². The molecule has 1 aliphatic heterocycles. The number of guanidine groups is 1. The standard InChI is InChI=1S/C21H36N4O.HI/c1-5-6-9-12-23-21(22-4)24-13-19-10-7-8-11-20(19)16-25-14-17(2)26-18(3)15-25;/h7-8,10-11,17-18H,5-6,9,12-16H2,1-4H3,(H2,22,23,24);1H. The lowest BCUT2D eigenvalue weighted by molar-refractivity contribution is -0.0705. The van der Waals surface area contributed by atoms with E-state index in [1.165, 1.54) is 30.4 Å². The zero-order valence-electron chi connectivity index (χ0n) is 17.3. The molecular formula is C21H37IN4O. The fourth-order valence-corrected chi connectivity index (χ4v) is 3.52. The van der Waals surface area contributed by atoms with Gasteiger partial charge in [-0.3, -0.25) is 9.89 Å². The van der Waals surface area contributed by atoms with Gasteiger partial charge in [0.1, 0.15) is 0 Å². The third-order valence-electron chi connectivity index (χ3n) is 4.75. The lowest BCUT2D eigenvalue weighted by Gasteiger charge is -2.35. The Kier molecular flexibility index (Phi) is 11.9. The number of nitrogens with zero attached hydrogens (tertiary/aromatic N) is 2. The van der Waals surface area contributed by atoms with E-state index in [0.717, 1.165) is 38.7 Å². The van der Waals surface area contributed by atoms with Gasteiger partial charge in [0.25, 0.3) is 0 Å². The molecule has 1 fully saturated rings. The average molecular weight is 488 g/mol. The number of unbranched alkanes of at least 4 members (excludes halogenated alkanes) is 2. The van der Waals surface area contributed by atoms with E-state index < -0.39 is 0 Å². The molecule has 2 rings (SSSR count). The Hall–Kier alpha value is -0.860. The van der Waals surface area contributed by atoms with Crippen molar-refractivity contribution >= 4 is 29.9 Å². The van der Waals surface area contributed by atoms with Gasteiger partial charge in [-0.1, -0.05) is 44.0 Å². The molecule has 154 valence electrons. The topological polar surface area (TPSA) is 48.9 Å². The number of hydrogen-bond acceptors (Lipinski definition) is 3. The molecule has 0 saturated carbocycles. The molecule has 1 heterocycles. The quantitative estimate of drug-likeness (QED) is 0.253.